The van der Waals surface area contributed by atoms with Crippen LogP contribution in [-0.2, 0) is 49.5 Å². The lowest BCUT2D eigenvalue weighted by molar-refractivity contribution is -0.144. The Morgan fingerprint density at radius 3 is 2.25 bits per heavy atom. The second kappa shape index (κ2) is 24.9. The minimum atomic E-state index is -0.973. The average Bonchev–Trinajstić information content (AvgIpc) is 3.81. The first kappa shape index (κ1) is 50.1. The summed E-state index contributed by atoms with van der Waals surface area (Å²) in [6, 6.07) is 5.48. The van der Waals surface area contributed by atoms with E-state index in [9.17, 15) is 24.3 Å². The number of nitrogens with one attached hydrogen (secondary N) is 3. The fourth-order valence-electron chi connectivity index (χ4n) is 6.52. The highest BCUT2D eigenvalue weighted by atomic mass is 32.1. The molecule has 1 saturated heterocycles. The van der Waals surface area contributed by atoms with Crippen molar-refractivity contribution >= 4 is 35.0 Å². The van der Waals surface area contributed by atoms with Crippen molar-refractivity contribution in [3.8, 4) is 10.4 Å². The Morgan fingerprint density at radius 1 is 1.05 bits per heavy atom. The molecule has 6 atom stereocenters. The second-order valence-electron chi connectivity index (χ2n) is 16.0. The molecule has 6 N–H and O–H groups in total. The number of thiazole rings is 1. The topological polar surface area (TPSA) is 213 Å². The van der Waals surface area contributed by atoms with Gasteiger partial charge in [-0.15, -0.1) is 16.8 Å². The molecule has 0 aliphatic carbocycles. The molecule has 17 heteroatoms. The van der Waals surface area contributed by atoms with Crippen molar-refractivity contribution in [2.45, 2.75) is 105 Å². The zero-order valence-corrected chi connectivity index (χ0v) is 37.2. The first-order valence-electron chi connectivity index (χ1n) is 20.4. The summed E-state index contributed by atoms with van der Waals surface area (Å²) in [5.41, 5.74) is 12.9. The predicted octanol–water partition coefficient (Wildman–Crippen LogP) is 3.56. The summed E-state index contributed by atoms with van der Waals surface area (Å²) in [7, 11) is 0. The maximum absolute atomic E-state index is 13.9. The average molecular weight is 859 g/mol. The summed E-state index contributed by atoms with van der Waals surface area (Å²) in [5, 5.41) is 16.2. The van der Waals surface area contributed by atoms with Gasteiger partial charge in [-0.1, -0.05) is 71.5 Å². The van der Waals surface area contributed by atoms with Crippen molar-refractivity contribution in [2.24, 2.45) is 17.1 Å². The van der Waals surface area contributed by atoms with Gasteiger partial charge < -0.3 is 50.2 Å². The molecule has 1 aliphatic heterocycles. The molecule has 2 aromatic rings. The molecule has 1 aromatic carbocycles. The number of nitrogens with zero attached hydrogens (tertiary/aromatic N) is 2. The summed E-state index contributed by atoms with van der Waals surface area (Å²) < 4.78 is 22.7. The summed E-state index contributed by atoms with van der Waals surface area (Å²) >= 11 is 1.57. The fraction of sp³-hybridized carbons (Fsp3) is 0.605. The van der Waals surface area contributed by atoms with Gasteiger partial charge in [-0.2, -0.15) is 0 Å². The third-order valence-corrected chi connectivity index (χ3v) is 10.9. The maximum atomic E-state index is 13.9. The zero-order valence-electron chi connectivity index (χ0n) is 36.4. The van der Waals surface area contributed by atoms with Gasteiger partial charge in [0.1, 0.15) is 24.4 Å². The van der Waals surface area contributed by atoms with Crippen molar-refractivity contribution in [1.29, 1.82) is 0 Å². The van der Waals surface area contributed by atoms with Crippen LogP contribution in [0, 0.1) is 18.3 Å². The monoisotopic (exact) mass is 858 g/mol. The second-order valence-corrected chi connectivity index (χ2v) is 16.8. The number of benzene rings is 1. The molecule has 16 nitrogen and oxygen atoms in total. The number of hydroxylamine groups is 1. The highest BCUT2D eigenvalue weighted by Gasteiger charge is 2.44. The number of nitrogens with two attached hydrogens (primary N) is 1. The zero-order chi connectivity index (χ0) is 44.4. The molecule has 0 saturated carbocycles. The predicted molar refractivity (Wildman–Crippen MR) is 229 cm³/mol. The number of carbonyl (C=O) groups is 4. The van der Waals surface area contributed by atoms with Crippen LogP contribution < -0.4 is 21.8 Å². The molecule has 334 valence electrons. The van der Waals surface area contributed by atoms with Crippen molar-refractivity contribution in [3.05, 3.63) is 65.0 Å². The molecule has 2 unspecified atom stereocenters. The summed E-state index contributed by atoms with van der Waals surface area (Å²) in [6.45, 7) is 20.1. The minimum absolute atomic E-state index is 0.0224. The molecule has 0 radical (unpaired) electrons. The number of aliphatic hydroxyl groups is 1. The van der Waals surface area contributed by atoms with Crippen LogP contribution in [0.25, 0.3) is 10.4 Å². The largest absolute Gasteiger partial charge is 0.414 e. The van der Waals surface area contributed by atoms with Gasteiger partial charge >= 0.3 is 0 Å². The number of rotatable bonds is 26. The number of allylic oxidation sites excluding steroid dienone is 2. The number of aromatic nitrogens is 1. The van der Waals surface area contributed by atoms with Gasteiger partial charge in [0.2, 0.25) is 23.6 Å². The number of aryl methyl sites for hydroxylation is 1. The van der Waals surface area contributed by atoms with Gasteiger partial charge in [0, 0.05) is 31.0 Å². The fourth-order valence-corrected chi connectivity index (χ4v) is 7.33. The SMILES string of the molecule is C=C(C)ONC(/C(=C\CC)C(N)=O)C(C)[C@H](C)OCCOCCOCCOCC(=O)N[C@H](C(=O)N1C[C@H](O)C[C@H]1C(=O)NCc1ccc(-c2scnc2C)cc1)C(C)(C)C. The minimum Gasteiger partial charge on any atom is -0.414 e. The van der Waals surface area contributed by atoms with E-state index in [0.29, 0.717) is 44.2 Å². The number of β-amino-alcohol motifs (C(OH)–C–C–N with tert-alkyl or cyclic N) is 1. The summed E-state index contributed by atoms with van der Waals surface area (Å²) in [4.78, 5) is 64.5. The number of hydrogen-bond donors (Lipinski definition) is 5. The van der Waals surface area contributed by atoms with E-state index in [1.165, 1.54) is 4.90 Å². The van der Waals surface area contributed by atoms with Gasteiger partial charge in [-0.05, 0) is 43.7 Å². The van der Waals surface area contributed by atoms with Gasteiger partial charge in [-0.25, -0.2) is 4.98 Å². The normalized spacial score (nSPS) is 17.8. The molecule has 0 bridgehead atoms. The Labute approximate surface area is 358 Å². The number of amides is 4. The van der Waals surface area contributed by atoms with Crippen molar-refractivity contribution in [3.63, 3.8) is 0 Å². The molecule has 1 aliphatic rings. The van der Waals surface area contributed by atoms with E-state index in [1.807, 2.05) is 78.2 Å². The number of primary amides is 1. The quantitative estimate of drug-likeness (QED) is 0.0398. The standard InChI is InChI=1S/C43H66N6O10S/c1-10-11-34(40(44)52)37(48-59-27(2)3)28(4)30(6)58-21-20-56-17-16-55-18-19-57-25-36(51)47-39(43(7,8)9)42(54)49-24-33(50)22-35(49)41(53)45-23-31-12-14-32(15-13-31)38-29(5)46-26-60-38/h11-15,26,28,30,33,35,37,39,48,50H,2,10,16-25H2,1,3-9H3,(H2,44,52)(H,45,53)(H,47,51)/b34-11+/t28?,30-,33+,35-,37?,39+/m0/s1. The van der Waals surface area contributed by atoms with Crippen molar-refractivity contribution < 1.29 is 48.1 Å². The van der Waals surface area contributed by atoms with Crippen LogP contribution >= 0.6 is 11.3 Å². The van der Waals surface area contributed by atoms with E-state index in [-0.39, 0.29) is 57.3 Å². The third-order valence-electron chi connectivity index (χ3n) is 9.97. The van der Waals surface area contributed by atoms with Gasteiger partial charge in [0.25, 0.3) is 0 Å². The molecule has 60 heavy (non-hydrogen) atoms. The molecule has 1 fully saturated rings. The molecule has 4 amide bonds. The summed E-state index contributed by atoms with van der Waals surface area (Å²) in [6.07, 6.45) is 1.35. The van der Waals surface area contributed by atoms with Crippen LogP contribution in [0.2, 0.25) is 0 Å². The smallest absolute Gasteiger partial charge is 0.246 e. The number of aliphatic hydroxyl groups excluding tert-OH is 1. The molecular weight excluding hydrogens is 793 g/mol. The molecule has 2 heterocycles. The molecule has 0 spiro atoms. The third kappa shape index (κ3) is 16.0. The van der Waals surface area contributed by atoms with Gasteiger partial charge in [0.15, 0.2) is 0 Å². The van der Waals surface area contributed by atoms with E-state index in [0.717, 1.165) is 21.7 Å². The van der Waals surface area contributed by atoms with Gasteiger partial charge in [-0.3, -0.25) is 19.2 Å². The maximum Gasteiger partial charge on any atom is 0.246 e. The highest BCUT2D eigenvalue weighted by molar-refractivity contribution is 7.13. The number of ether oxygens (including phenoxy) is 4. The lowest BCUT2D eigenvalue weighted by atomic mass is 9.85. The highest BCUT2D eigenvalue weighted by Crippen LogP contribution is 2.28. The number of likely N-dealkylation sites (tertiary alicyclic amines) is 1. The van der Waals surface area contributed by atoms with Crippen LogP contribution in [0.4, 0.5) is 0 Å². The van der Waals surface area contributed by atoms with Crippen LogP contribution in [0.1, 0.15) is 72.6 Å². The van der Waals surface area contributed by atoms with Crippen LogP contribution in [0.5, 0.6) is 0 Å². The Hall–Kier alpha value is -4.23. The lowest BCUT2D eigenvalue weighted by Crippen LogP contribution is -2.58. The molecule has 1 aromatic heterocycles. The number of hydrogen-bond acceptors (Lipinski definition) is 13. The summed E-state index contributed by atoms with van der Waals surface area (Å²) in [5.74, 6) is -1.59. The first-order valence-corrected chi connectivity index (χ1v) is 21.3. The van der Waals surface area contributed by atoms with E-state index in [4.69, 9.17) is 29.5 Å². The number of carbonyl (C=O) groups excluding carboxylic acids is 4. The van der Waals surface area contributed by atoms with E-state index in [2.05, 4.69) is 27.7 Å². The Bertz CT molecular complexity index is 1730. The van der Waals surface area contributed by atoms with Crippen molar-refractivity contribution in [1.82, 2.24) is 26.0 Å². The first-order chi connectivity index (χ1) is 28.4. The van der Waals surface area contributed by atoms with Crippen LogP contribution in [-0.4, -0.2) is 122 Å². The van der Waals surface area contributed by atoms with E-state index in [1.54, 1.807) is 24.3 Å². The lowest BCUT2D eigenvalue weighted by Gasteiger charge is -2.35. The van der Waals surface area contributed by atoms with E-state index < -0.39 is 47.4 Å². The Morgan fingerprint density at radius 2 is 1.68 bits per heavy atom. The Balaban J connectivity index is 1.36. The van der Waals surface area contributed by atoms with Crippen LogP contribution in [0.15, 0.2) is 53.8 Å². The van der Waals surface area contributed by atoms with Crippen LogP contribution in [0.3, 0.4) is 0 Å². The molecule has 3 rings (SSSR count). The Kier molecular flexibility index (Phi) is 20.8. The van der Waals surface area contributed by atoms with E-state index >= 15 is 0 Å². The molecular formula is C43H66N6O10S. The van der Waals surface area contributed by atoms with Crippen molar-refractivity contribution in [2.75, 3.05) is 52.8 Å². The van der Waals surface area contributed by atoms with Gasteiger partial charge in [0.05, 0.1) is 74.0 Å².